The van der Waals surface area contributed by atoms with Crippen LogP contribution in [-0.4, -0.2) is 10.2 Å². The number of aliphatic hydroxyl groups is 2. The smallest absolute Gasteiger partial charge is 0.104 e. The molecule has 0 radical (unpaired) electrons. The van der Waals surface area contributed by atoms with Crippen molar-refractivity contribution in [3.63, 3.8) is 0 Å². The molecule has 0 aliphatic carbocycles. The molecular weight excluding hydrogens is 272 g/mol. The van der Waals surface area contributed by atoms with Gasteiger partial charge in [-0.25, -0.2) is 0 Å². The Morgan fingerprint density at radius 2 is 0.682 bits per heavy atom. The minimum Gasteiger partial charge on any atom is -0.384 e. The summed E-state index contributed by atoms with van der Waals surface area (Å²) in [7, 11) is 0. The molecule has 2 heteroatoms. The summed E-state index contributed by atoms with van der Waals surface area (Å²) in [6.07, 6.45) is -1.30. The Morgan fingerprint density at radius 3 is 1.00 bits per heavy atom. The highest BCUT2D eigenvalue weighted by molar-refractivity contribution is 5.35. The van der Waals surface area contributed by atoms with Gasteiger partial charge in [-0.15, -0.1) is 0 Å². The fraction of sp³-hybridized carbons (Fsp3) is 0.100. The fourth-order valence-corrected chi connectivity index (χ4v) is 2.52. The van der Waals surface area contributed by atoms with Crippen LogP contribution >= 0.6 is 0 Å². The molecule has 0 saturated heterocycles. The highest BCUT2D eigenvalue weighted by atomic mass is 16.3. The average Bonchev–Trinajstić information content (AvgIpc) is 2.62. The predicted molar refractivity (Wildman–Crippen MR) is 87.4 cm³/mol. The molecule has 0 amide bonds. The molecule has 2 nitrogen and oxygen atoms in total. The lowest BCUT2D eigenvalue weighted by molar-refractivity contribution is 0.216. The van der Waals surface area contributed by atoms with Gasteiger partial charge in [-0.3, -0.25) is 0 Å². The van der Waals surface area contributed by atoms with Gasteiger partial charge in [-0.05, 0) is 22.3 Å². The van der Waals surface area contributed by atoms with Crippen LogP contribution in [0.3, 0.4) is 0 Å². The van der Waals surface area contributed by atoms with Gasteiger partial charge in [0.1, 0.15) is 12.2 Å². The normalized spacial score (nSPS) is 13.5. The minimum atomic E-state index is -0.649. The van der Waals surface area contributed by atoms with Crippen LogP contribution in [0.15, 0.2) is 84.9 Å². The maximum atomic E-state index is 10.4. The Bertz CT molecular complexity index is 641. The summed E-state index contributed by atoms with van der Waals surface area (Å²) in [6, 6.07) is 26.5. The topological polar surface area (TPSA) is 40.5 Å². The summed E-state index contributed by atoms with van der Waals surface area (Å²) in [4.78, 5) is 0. The standard InChI is InChI=1S/C20H18O2/c21-19(15-7-3-1-4-8-15)17-11-13-18(14-12-17)20(22)16-9-5-2-6-10-16/h1-14,19-22H/t19-,20-/m1/s1. The third kappa shape index (κ3) is 3.08. The van der Waals surface area contributed by atoms with Crippen LogP contribution in [0.25, 0.3) is 0 Å². The van der Waals surface area contributed by atoms with Crippen molar-refractivity contribution in [3.8, 4) is 0 Å². The first kappa shape index (κ1) is 14.5. The molecule has 3 aromatic rings. The van der Waals surface area contributed by atoms with Crippen molar-refractivity contribution in [3.05, 3.63) is 107 Å². The lowest BCUT2D eigenvalue weighted by atomic mass is 9.97. The van der Waals surface area contributed by atoms with Crippen molar-refractivity contribution in [1.29, 1.82) is 0 Å². The summed E-state index contributed by atoms with van der Waals surface area (Å²) in [6.45, 7) is 0. The van der Waals surface area contributed by atoms with Crippen molar-refractivity contribution in [2.45, 2.75) is 12.2 Å². The quantitative estimate of drug-likeness (QED) is 0.766. The Labute approximate surface area is 130 Å². The van der Waals surface area contributed by atoms with Gasteiger partial charge in [-0.2, -0.15) is 0 Å². The zero-order valence-corrected chi connectivity index (χ0v) is 12.1. The SMILES string of the molecule is O[C@H](c1ccccc1)c1ccc([C@H](O)c2ccccc2)cc1. The first-order chi connectivity index (χ1) is 10.8. The number of aliphatic hydroxyl groups excluding tert-OH is 2. The fourth-order valence-electron chi connectivity index (χ4n) is 2.52. The maximum absolute atomic E-state index is 10.4. The summed E-state index contributed by atoms with van der Waals surface area (Å²) < 4.78 is 0. The number of hydrogen-bond acceptors (Lipinski definition) is 2. The second-order valence-electron chi connectivity index (χ2n) is 5.29. The lowest BCUT2D eigenvalue weighted by Gasteiger charge is -2.15. The third-order valence-corrected chi connectivity index (χ3v) is 3.80. The van der Waals surface area contributed by atoms with Crippen LogP contribution in [0.5, 0.6) is 0 Å². The van der Waals surface area contributed by atoms with Gasteiger partial charge in [0.05, 0.1) is 0 Å². The highest BCUT2D eigenvalue weighted by Gasteiger charge is 2.13. The van der Waals surface area contributed by atoms with Crippen molar-refractivity contribution in [2.24, 2.45) is 0 Å². The van der Waals surface area contributed by atoms with Crippen LogP contribution in [-0.2, 0) is 0 Å². The van der Waals surface area contributed by atoms with E-state index in [0.717, 1.165) is 22.3 Å². The van der Waals surface area contributed by atoms with Crippen LogP contribution in [0, 0.1) is 0 Å². The van der Waals surface area contributed by atoms with Crippen LogP contribution < -0.4 is 0 Å². The number of rotatable bonds is 4. The first-order valence-electron chi connectivity index (χ1n) is 7.31. The highest BCUT2D eigenvalue weighted by Crippen LogP contribution is 2.26. The molecule has 0 spiro atoms. The largest absolute Gasteiger partial charge is 0.384 e. The second-order valence-corrected chi connectivity index (χ2v) is 5.29. The van der Waals surface area contributed by atoms with E-state index in [1.54, 1.807) is 0 Å². The van der Waals surface area contributed by atoms with Gasteiger partial charge in [0.25, 0.3) is 0 Å². The minimum absolute atomic E-state index is 0.649. The Kier molecular flexibility index (Phi) is 4.33. The van der Waals surface area contributed by atoms with Crippen molar-refractivity contribution >= 4 is 0 Å². The van der Waals surface area contributed by atoms with Crippen molar-refractivity contribution in [1.82, 2.24) is 0 Å². The van der Waals surface area contributed by atoms with E-state index >= 15 is 0 Å². The molecule has 3 aromatic carbocycles. The van der Waals surface area contributed by atoms with Crippen LogP contribution in [0.2, 0.25) is 0 Å². The predicted octanol–water partition coefficient (Wildman–Crippen LogP) is 3.85. The van der Waals surface area contributed by atoms with Crippen molar-refractivity contribution < 1.29 is 10.2 Å². The zero-order chi connectivity index (χ0) is 15.4. The molecule has 0 aliphatic rings. The summed E-state index contributed by atoms with van der Waals surface area (Å²) in [5, 5.41) is 20.8. The summed E-state index contributed by atoms with van der Waals surface area (Å²) >= 11 is 0. The van der Waals surface area contributed by atoms with Gasteiger partial charge < -0.3 is 10.2 Å². The van der Waals surface area contributed by atoms with E-state index in [4.69, 9.17) is 0 Å². The summed E-state index contributed by atoms with van der Waals surface area (Å²) in [5.41, 5.74) is 3.35. The average molecular weight is 290 g/mol. The molecule has 3 rings (SSSR count). The Hall–Kier alpha value is -2.42. The first-order valence-corrected chi connectivity index (χ1v) is 7.31. The van der Waals surface area contributed by atoms with Gasteiger partial charge >= 0.3 is 0 Å². The molecule has 2 N–H and O–H groups in total. The third-order valence-electron chi connectivity index (χ3n) is 3.80. The zero-order valence-electron chi connectivity index (χ0n) is 12.1. The van der Waals surface area contributed by atoms with E-state index < -0.39 is 12.2 Å². The van der Waals surface area contributed by atoms with Gasteiger partial charge in [0, 0.05) is 0 Å². The molecule has 0 aliphatic heterocycles. The number of benzene rings is 3. The molecule has 0 fully saturated rings. The van der Waals surface area contributed by atoms with E-state index in [2.05, 4.69) is 0 Å². The van der Waals surface area contributed by atoms with Crippen molar-refractivity contribution in [2.75, 3.05) is 0 Å². The second kappa shape index (κ2) is 6.56. The molecule has 0 aromatic heterocycles. The Balaban J connectivity index is 1.81. The van der Waals surface area contributed by atoms with Crippen LogP contribution in [0.1, 0.15) is 34.5 Å². The molecule has 22 heavy (non-hydrogen) atoms. The monoisotopic (exact) mass is 290 g/mol. The molecule has 0 heterocycles. The number of hydrogen-bond donors (Lipinski definition) is 2. The molecule has 110 valence electrons. The Morgan fingerprint density at radius 1 is 0.409 bits per heavy atom. The molecule has 0 unspecified atom stereocenters. The van der Waals surface area contributed by atoms with E-state index in [-0.39, 0.29) is 0 Å². The van der Waals surface area contributed by atoms with Gasteiger partial charge in [-0.1, -0.05) is 84.9 Å². The maximum Gasteiger partial charge on any atom is 0.104 e. The molecule has 0 saturated carbocycles. The summed E-state index contributed by atoms with van der Waals surface area (Å²) in [5.74, 6) is 0. The van der Waals surface area contributed by atoms with E-state index in [0.29, 0.717) is 0 Å². The van der Waals surface area contributed by atoms with E-state index in [1.165, 1.54) is 0 Å². The van der Waals surface area contributed by atoms with Gasteiger partial charge in [0.15, 0.2) is 0 Å². The van der Waals surface area contributed by atoms with E-state index in [1.807, 2.05) is 84.9 Å². The molecule has 0 bridgehead atoms. The van der Waals surface area contributed by atoms with Crippen LogP contribution in [0.4, 0.5) is 0 Å². The lowest BCUT2D eigenvalue weighted by Crippen LogP contribution is -2.02. The van der Waals surface area contributed by atoms with Gasteiger partial charge in [0.2, 0.25) is 0 Å². The molecule has 2 atom stereocenters. The van der Waals surface area contributed by atoms with E-state index in [9.17, 15) is 10.2 Å². The molecular formula is C20H18O2.